The smallest absolute Gasteiger partial charge is 0.278 e. The molecule has 152 valence electrons. The van der Waals surface area contributed by atoms with Crippen LogP contribution in [0.25, 0.3) is 4.85 Å². The van der Waals surface area contributed by atoms with Crippen LogP contribution in [-0.4, -0.2) is 21.2 Å². The lowest BCUT2D eigenvalue weighted by molar-refractivity contribution is 0.0979. The third-order valence-corrected chi connectivity index (χ3v) is 5.34. The molecule has 1 heterocycles. The van der Waals surface area contributed by atoms with Gasteiger partial charge in [-0.05, 0) is 36.8 Å². The van der Waals surface area contributed by atoms with E-state index in [1.165, 1.54) is 38.2 Å². The number of hydrogen-bond acceptors (Lipinski definition) is 6. The predicted molar refractivity (Wildman–Crippen MR) is 113 cm³/mol. The van der Waals surface area contributed by atoms with Crippen LogP contribution in [-0.2, 0) is 7.05 Å². The fraction of sp³-hybridized carbons (Fsp3) is 0.0909. The number of halogens is 1. The van der Waals surface area contributed by atoms with Gasteiger partial charge in [-0.2, -0.15) is 0 Å². The van der Waals surface area contributed by atoms with Gasteiger partial charge in [-0.25, -0.2) is 4.85 Å². The second-order valence-corrected chi connectivity index (χ2v) is 7.31. The van der Waals surface area contributed by atoms with E-state index in [1.54, 1.807) is 12.1 Å². The van der Waals surface area contributed by atoms with Gasteiger partial charge in [0, 0.05) is 28.8 Å². The minimum Gasteiger partial charge on any atom is -0.503 e. The molecule has 0 bridgehead atoms. The molecule has 0 aliphatic heterocycles. The van der Waals surface area contributed by atoms with Crippen LogP contribution in [0.3, 0.4) is 0 Å². The Morgan fingerprint density at radius 1 is 1.03 bits per heavy atom. The SMILES string of the molecule is [C-]#[N+]c1c(C)c(N=Nc2cccc3c2C(=O)c2cc(Cl)ccc2C3=O)c(=O)n(C)c1O. The minimum absolute atomic E-state index is 0.0599. The van der Waals surface area contributed by atoms with Gasteiger partial charge in [-0.1, -0.05) is 23.7 Å². The van der Waals surface area contributed by atoms with Crippen molar-refractivity contribution < 1.29 is 14.7 Å². The highest BCUT2D eigenvalue weighted by molar-refractivity contribution is 6.34. The number of nitrogens with zero attached hydrogens (tertiary/aromatic N) is 4. The molecular formula is C22H13ClN4O4. The Bertz CT molecular complexity index is 1450. The van der Waals surface area contributed by atoms with Gasteiger partial charge >= 0.3 is 0 Å². The van der Waals surface area contributed by atoms with E-state index >= 15 is 0 Å². The first-order chi connectivity index (χ1) is 14.8. The highest BCUT2D eigenvalue weighted by atomic mass is 35.5. The molecule has 1 aliphatic rings. The van der Waals surface area contributed by atoms with Crippen molar-refractivity contribution in [1.82, 2.24) is 4.57 Å². The second kappa shape index (κ2) is 7.31. The van der Waals surface area contributed by atoms with Crippen LogP contribution in [0.15, 0.2) is 51.4 Å². The molecule has 8 nitrogen and oxygen atoms in total. The summed E-state index contributed by atoms with van der Waals surface area (Å²) in [4.78, 5) is 41.8. The highest BCUT2D eigenvalue weighted by Gasteiger charge is 2.32. The minimum atomic E-state index is -0.657. The number of carbonyl (C=O) groups excluding carboxylic acids is 2. The van der Waals surface area contributed by atoms with Crippen molar-refractivity contribution in [3.63, 3.8) is 0 Å². The van der Waals surface area contributed by atoms with Crippen molar-refractivity contribution in [3.8, 4) is 5.88 Å². The average Bonchev–Trinajstić information content (AvgIpc) is 2.76. The Kier molecular flexibility index (Phi) is 4.76. The number of rotatable bonds is 2. The predicted octanol–water partition coefficient (Wildman–Crippen LogP) is 4.79. The molecule has 4 rings (SSSR count). The van der Waals surface area contributed by atoms with Crippen LogP contribution >= 0.6 is 11.6 Å². The van der Waals surface area contributed by atoms with Gasteiger partial charge in [0.1, 0.15) is 5.69 Å². The summed E-state index contributed by atoms with van der Waals surface area (Å²) in [5.41, 5.74) is -0.0267. The standard InChI is InChI=1S/C22H13ClN4O4/c1-10-17(24-2)21(30)27(3)22(31)18(10)26-25-15-6-4-5-13-16(15)20(29)14-9-11(23)7-8-12(14)19(13)28/h4-9,30H,1,3H3. The molecule has 1 N–H and O–H groups in total. The Balaban J connectivity index is 1.89. The Hall–Kier alpha value is -4.09. The van der Waals surface area contributed by atoms with Crippen molar-refractivity contribution in [2.45, 2.75) is 6.92 Å². The Morgan fingerprint density at radius 2 is 1.77 bits per heavy atom. The average molecular weight is 433 g/mol. The van der Waals surface area contributed by atoms with Crippen LogP contribution < -0.4 is 5.56 Å². The van der Waals surface area contributed by atoms with E-state index in [-0.39, 0.29) is 50.7 Å². The van der Waals surface area contributed by atoms with E-state index in [0.29, 0.717) is 5.02 Å². The maximum absolute atomic E-state index is 13.1. The quantitative estimate of drug-likeness (QED) is 0.363. The van der Waals surface area contributed by atoms with E-state index in [1.807, 2.05) is 0 Å². The third kappa shape index (κ3) is 3.03. The van der Waals surface area contributed by atoms with Crippen LogP contribution in [0.1, 0.15) is 37.4 Å². The number of fused-ring (bicyclic) bond motifs is 2. The van der Waals surface area contributed by atoms with E-state index in [9.17, 15) is 19.5 Å². The molecular weight excluding hydrogens is 420 g/mol. The molecule has 0 atom stereocenters. The largest absolute Gasteiger partial charge is 0.503 e. The molecule has 0 spiro atoms. The lowest BCUT2D eigenvalue weighted by Gasteiger charge is -2.18. The number of ketones is 2. The fourth-order valence-electron chi connectivity index (χ4n) is 3.44. The molecule has 9 heteroatoms. The number of aromatic hydroxyl groups is 1. The van der Waals surface area contributed by atoms with E-state index in [0.717, 1.165) is 4.57 Å². The van der Waals surface area contributed by atoms with Crippen LogP contribution in [0, 0.1) is 13.5 Å². The first-order valence-electron chi connectivity index (χ1n) is 9.00. The van der Waals surface area contributed by atoms with Gasteiger partial charge in [0.05, 0.1) is 17.8 Å². The molecule has 1 aromatic heterocycles. The summed E-state index contributed by atoms with van der Waals surface area (Å²) in [5, 5.41) is 18.3. The summed E-state index contributed by atoms with van der Waals surface area (Å²) in [5.74, 6) is -1.24. The summed E-state index contributed by atoms with van der Waals surface area (Å²) in [6.07, 6.45) is 0. The number of hydrogen-bond donors (Lipinski definition) is 1. The molecule has 1 aliphatic carbocycles. The van der Waals surface area contributed by atoms with E-state index in [4.69, 9.17) is 18.2 Å². The van der Waals surface area contributed by atoms with E-state index in [2.05, 4.69) is 15.1 Å². The summed E-state index contributed by atoms with van der Waals surface area (Å²) < 4.78 is 0.891. The van der Waals surface area contributed by atoms with Gasteiger partial charge in [-0.15, -0.1) is 10.2 Å². The van der Waals surface area contributed by atoms with Gasteiger partial charge in [0.2, 0.25) is 5.69 Å². The maximum Gasteiger partial charge on any atom is 0.278 e. The van der Waals surface area contributed by atoms with Crippen molar-refractivity contribution >= 4 is 40.2 Å². The van der Waals surface area contributed by atoms with Crippen molar-refractivity contribution in [2.75, 3.05) is 0 Å². The van der Waals surface area contributed by atoms with Gasteiger partial charge < -0.3 is 5.11 Å². The monoisotopic (exact) mass is 432 g/mol. The summed E-state index contributed by atoms with van der Waals surface area (Å²) in [7, 11) is 1.30. The summed E-state index contributed by atoms with van der Waals surface area (Å²) in [6, 6.07) is 9.05. The van der Waals surface area contributed by atoms with Gasteiger partial charge in [-0.3, -0.25) is 19.0 Å². The van der Waals surface area contributed by atoms with E-state index < -0.39 is 17.2 Å². The number of benzene rings is 2. The fourth-order valence-corrected chi connectivity index (χ4v) is 3.62. The third-order valence-electron chi connectivity index (χ3n) is 5.10. The molecule has 0 amide bonds. The zero-order valence-electron chi connectivity index (χ0n) is 16.3. The first kappa shape index (κ1) is 20.2. The van der Waals surface area contributed by atoms with Gasteiger partial charge in [0.25, 0.3) is 5.56 Å². The van der Waals surface area contributed by atoms with Crippen molar-refractivity contribution in [3.05, 3.63) is 91.0 Å². The normalized spacial score (nSPS) is 12.6. The molecule has 0 unspecified atom stereocenters. The summed E-state index contributed by atoms with van der Waals surface area (Å²) in [6.45, 7) is 8.70. The zero-order chi connectivity index (χ0) is 22.4. The molecule has 0 saturated carbocycles. The number of pyridine rings is 1. The van der Waals surface area contributed by atoms with Crippen LogP contribution in [0.4, 0.5) is 17.1 Å². The second-order valence-electron chi connectivity index (χ2n) is 6.87. The number of aromatic nitrogens is 1. The van der Waals surface area contributed by atoms with Gasteiger partial charge in [0.15, 0.2) is 17.4 Å². The molecule has 0 fully saturated rings. The number of carbonyl (C=O) groups is 2. The molecule has 31 heavy (non-hydrogen) atoms. The molecule has 2 aromatic carbocycles. The van der Waals surface area contributed by atoms with Crippen LogP contribution in [0.2, 0.25) is 5.02 Å². The lowest BCUT2D eigenvalue weighted by Crippen LogP contribution is -2.21. The number of azo groups is 1. The lowest BCUT2D eigenvalue weighted by atomic mass is 9.83. The van der Waals surface area contributed by atoms with Crippen molar-refractivity contribution in [2.24, 2.45) is 17.3 Å². The molecule has 3 aromatic rings. The zero-order valence-corrected chi connectivity index (χ0v) is 17.1. The Labute approximate surface area is 180 Å². The molecule has 0 radical (unpaired) electrons. The molecule has 0 saturated heterocycles. The van der Waals surface area contributed by atoms with Crippen LogP contribution in [0.5, 0.6) is 5.88 Å². The Morgan fingerprint density at radius 3 is 2.48 bits per heavy atom. The van der Waals surface area contributed by atoms with Crippen molar-refractivity contribution in [1.29, 1.82) is 0 Å². The maximum atomic E-state index is 13.1. The topological polar surface area (TPSA) is 105 Å². The summed E-state index contributed by atoms with van der Waals surface area (Å²) >= 11 is 6.00. The first-order valence-corrected chi connectivity index (χ1v) is 9.37. The highest BCUT2D eigenvalue weighted by Crippen LogP contribution is 2.37.